The minimum Gasteiger partial charge on any atom is -0.325 e. The lowest BCUT2D eigenvalue weighted by molar-refractivity contribution is -0.384. The van der Waals surface area contributed by atoms with E-state index < -0.39 is 0 Å². The third-order valence-electron chi connectivity index (χ3n) is 5.49. The van der Waals surface area contributed by atoms with Crippen LogP contribution in [0.25, 0.3) is 22.3 Å². The Morgan fingerprint density at radius 1 is 0.758 bits per heavy atom. The fraction of sp³-hybridized carbons (Fsp3) is 0.143. The average molecular weight is 455 g/mol. The van der Waals surface area contributed by atoms with Crippen molar-refractivity contribution in [3.8, 4) is 22.3 Å². The van der Waals surface area contributed by atoms with Crippen LogP contribution in [0.1, 0.15) is 26.3 Å². The van der Waals surface area contributed by atoms with Crippen molar-refractivity contribution < 1.29 is 4.92 Å². The Hall–Kier alpha value is -3.57. The molecule has 166 valence electrons. The summed E-state index contributed by atoms with van der Waals surface area (Å²) in [5.74, 6) is 0. The van der Waals surface area contributed by atoms with Crippen molar-refractivity contribution in [3.63, 3.8) is 0 Å². The molecule has 5 heteroatoms. The molecule has 33 heavy (non-hydrogen) atoms. The molecule has 0 saturated carbocycles. The summed E-state index contributed by atoms with van der Waals surface area (Å²) in [6.45, 7) is 6.68. The molecule has 0 bridgehead atoms. The highest BCUT2D eigenvalue weighted by molar-refractivity contribution is 8.00. The molecule has 0 aliphatic heterocycles. The number of nitro benzene ring substituents is 1. The lowest BCUT2D eigenvalue weighted by Crippen LogP contribution is -2.12. The van der Waals surface area contributed by atoms with Crippen molar-refractivity contribution in [2.45, 2.75) is 31.1 Å². The first-order chi connectivity index (χ1) is 15.8. The summed E-state index contributed by atoms with van der Waals surface area (Å²) >= 11 is 1.45. The molecular formula is C28H26N2O2S. The van der Waals surface area contributed by atoms with E-state index in [0.29, 0.717) is 0 Å². The second kappa shape index (κ2) is 9.51. The summed E-state index contributed by atoms with van der Waals surface area (Å²) in [6, 6.07) is 31.9. The first-order valence-corrected chi connectivity index (χ1v) is 11.6. The highest BCUT2D eigenvalue weighted by Crippen LogP contribution is 2.42. The van der Waals surface area contributed by atoms with Crippen LogP contribution in [-0.2, 0) is 5.41 Å². The minimum atomic E-state index is -0.381. The highest BCUT2D eigenvalue weighted by Gasteiger charge is 2.21. The number of nitro groups is 1. The molecule has 0 radical (unpaired) electrons. The van der Waals surface area contributed by atoms with Crippen molar-refractivity contribution in [2.75, 3.05) is 4.72 Å². The average Bonchev–Trinajstić information content (AvgIpc) is 2.83. The number of rotatable bonds is 6. The SMILES string of the molecule is CC(C)(C)c1cc(-c2ccccc2)c(NSc2ccc([N+](=O)[O-])cc2)c(-c2ccccc2)c1. The monoisotopic (exact) mass is 454 g/mol. The summed E-state index contributed by atoms with van der Waals surface area (Å²) in [6.07, 6.45) is 0. The fourth-order valence-electron chi connectivity index (χ4n) is 3.62. The Bertz CT molecular complexity index is 1190. The zero-order valence-corrected chi connectivity index (χ0v) is 19.7. The first kappa shape index (κ1) is 22.6. The van der Waals surface area contributed by atoms with Crippen molar-refractivity contribution >= 4 is 23.3 Å². The van der Waals surface area contributed by atoms with Gasteiger partial charge in [0.1, 0.15) is 0 Å². The number of benzene rings is 4. The van der Waals surface area contributed by atoms with E-state index in [0.717, 1.165) is 32.8 Å². The molecule has 0 amide bonds. The predicted molar refractivity (Wildman–Crippen MR) is 139 cm³/mol. The Balaban J connectivity index is 1.84. The van der Waals surface area contributed by atoms with Gasteiger partial charge in [0.25, 0.3) is 5.69 Å². The van der Waals surface area contributed by atoms with Gasteiger partial charge in [-0.25, -0.2) is 0 Å². The third-order valence-corrected chi connectivity index (χ3v) is 6.31. The molecule has 4 nitrogen and oxygen atoms in total. The van der Waals surface area contributed by atoms with Crippen LogP contribution >= 0.6 is 11.9 Å². The topological polar surface area (TPSA) is 55.2 Å². The largest absolute Gasteiger partial charge is 0.325 e. The Morgan fingerprint density at radius 3 is 1.67 bits per heavy atom. The molecule has 0 atom stereocenters. The van der Waals surface area contributed by atoms with Crippen LogP contribution in [0.15, 0.2) is 102 Å². The highest BCUT2D eigenvalue weighted by atomic mass is 32.2. The van der Waals surface area contributed by atoms with Crippen LogP contribution in [0.4, 0.5) is 11.4 Å². The van der Waals surface area contributed by atoms with Gasteiger partial charge < -0.3 is 4.72 Å². The van der Waals surface area contributed by atoms with Crippen molar-refractivity contribution in [1.29, 1.82) is 0 Å². The number of anilines is 1. The zero-order valence-electron chi connectivity index (χ0n) is 18.9. The van der Waals surface area contributed by atoms with E-state index in [1.807, 2.05) is 12.1 Å². The second-order valence-corrected chi connectivity index (χ2v) is 9.76. The van der Waals surface area contributed by atoms with Crippen LogP contribution in [0, 0.1) is 10.1 Å². The van der Waals surface area contributed by atoms with Crippen LogP contribution in [0.2, 0.25) is 0 Å². The Labute approximate surface area is 199 Å². The molecule has 0 spiro atoms. The van der Waals surface area contributed by atoms with Crippen molar-refractivity contribution in [3.05, 3.63) is 113 Å². The summed E-state index contributed by atoms with van der Waals surface area (Å²) in [7, 11) is 0. The molecule has 0 aliphatic rings. The van der Waals surface area contributed by atoms with E-state index in [2.05, 4.69) is 86.2 Å². The van der Waals surface area contributed by atoms with Gasteiger partial charge >= 0.3 is 0 Å². The minimum absolute atomic E-state index is 0.0168. The summed E-state index contributed by atoms with van der Waals surface area (Å²) < 4.78 is 3.57. The molecule has 0 unspecified atom stereocenters. The Kier molecular flexibility index (Phi) is 6.52. The lowest BCUT2D eigenvalue weighted by atomic mass is 9.82. The quantitative estimate of drug-likeness (QED) is 0.181. The predicted octanol–water partition coefficient (Wildman–Crippen LogP) is 8.35. The normalized spacial score (nSPS) is 11.2. The van der Waals surface area contributed by atoms with Crippen molar-refractivity contribution in [2.24, 2.45) is 0 Å². The van der Waals surface area contributed by atoms with Gasteiger partial charge in [0.05, 0.1) is 10.6 Å². The van der Waals surface area contributed by atoms with Gasteiger partial charge in [-0.1, -0.05) is 81.4 Å². The standard InChI is InChI=1S/C28H26N2O2S/c1-28(2,3)22-18-25(20-10-6-4-7-11-20)27(26(19-22)21-12-8-5-9-13-21)29-33-24-16-14-23(15-17-24)30(31)32/h4-19,29H,1-3H3. The van der Waals surface area contributed by atoms with E-state index in [1.54, 1.807) is 12.1 Å². The maximum absolute atomic E-state index is 11.0. The lowest BCUT2D eigenvalue weighted by Gasteiger charge is -2.25. The molecule has 0 aromatic heterocycles. The molecule has 1 N–H and O–H groups in total. The number of non-ortho nitro benzene ring substituents is 1. The molecule has 4 aromatic rings. The molecule has 0 fully saturated rings. The van der Waals surface area contributed by atoms with Gasteiger partial charge in [0, 0.05) is 28.2 Å². The molecule has 0 heterocycles. The molecular weight excluding hydrogens is 428 g/mol. The number of nitrogens with one attached hydrogen (secondary N) is 1. The summed E-state index contributed by atoms with van der Waals surface area (Å²) in [5, 5.41) is 11.0. The first-order valence-electron chi connectivity index (χ1n) is 10.8. The molecule has 4 rings (SSSR count). The van der Waals surface area contributed by atoms with Crippen molar-refractivity contribution in [1.82, 2.24) is 0 Å². The second-order valence-electron chi connectivity index (χ2n) is 8.88. The van der Waals surface area contributed by atoms with Gasteiger partial charge in [0.2, 0.25) is 0 Å². The summed E-state index contributed by atoms with van der Waals surface area (Å²) in [5.41, 5.74) is 6.85. The van der Waals surface area contributed by atoms with Crippen LogP contribution < -0.4 is 4.72 Å². The van der Waals surface area contributed by atoms with Gasteiger partial charge in [-0.15, -0.1) is 0 Å². The maximum atomic E-state index is 11.0. The molecule has 4 aromatic carbocycles. The third kappa shape index (κ3) is 5.26. The van der Waals surface area contributed by atoms with Gasteiger partial charge in [-0.3, -0.25) is 10.1 Å². The number of hydrogen-bond donors (Lipinski definition) is 1. The van der Waals surface area contributed by atoms with Crippen LogP contribution in [-0.4, -0.2) is 4.92 Å². The number of hydrogen-bond acceptors (Lipinski definition) is 4. The van der Waals surface area contributed by atoms with Crippen LogP contribution in [0.3, 0.4) is 0 Å². The Morgan fingerprint density at radius 2 is 1.24 bits per heavy atom. The molecule has 0 aliphatic carbocycles. The van der Waals surface area contributed by atoms with E-state index in [-0.39, 0.29) is 16.0 Å². The maximum Gasteiger partial charge on any atom is 0.269 e. The van der Waals surface area contributed by atoms with Crippen LogP contribution in [0.5, 0.6) is 0 Å². The van der Waals surface area contributed by atoms with E-state index in [9.17, 15) is 10.1 Å². The van der Waals surface area contributed by atoms with E-state index >= 15 is 0 Å². The van der Waals surface area contributed by atoms with E-state index in [4.69, 9.17) is 0 Å². The van der Waals surface area contributed by atoms with Gasteiger partial charge in [-0.05, 0) is 58.3 Å². The van der Waals surface area contributed by atoms with Gasteiger partial charge in [-0.2, -0.15) is 0 Å². The fourth-order valence-corrected chi connectivity index (χ4v) is 4.33. The summed E-state index contributed by atoms with van der Waals surface area (Å²) in [4.78, 5) is 11.5. The number of nitrogens with zero attached hydrogens (tertiary/aromatic N) is 1. The van der Waals surface area contributed by atoms with E-state index in [1.165, 1.54) is 29.6 Å². The zero-order chi connectivity index (χ0) is 23.4. The van der Waals surface area contributed by atoms with Gasteiger partial charge in [0.15, 0.2) is 0 Å². The molecule has 0 saturated heterocycles. The smallest absolute Gasteiger partial charge is 0.269 e.